The second-order valence-electron chi connectivity index (χ2n) is 10.1. The third-order valence-electron chi connectivity index (χ3n) is 6.62. The van der Waals surface area contributed by atoms with Gasteiger partial charge in [0.15, 0.2) is 22.8 Å². The molecule has 2 N–H and O–H groups in total. The average Bonchev–Trinajstić information content (AvgIpc) is 3.21. The number of rotatable bonds is 6. The molecule has 5 heterocycles. The van der Waals surface area contributed by atoms with E-state index in [-0.39, 0.29) is 12.0 Å². The fourth-order valence-electron chi connectivity index (χ4n) is 4.94. The van der Waals surface area contributed by atoms with Gasteiger partial charge in [0.05, 0.1) is 25.0 Å². The summed E-state index contributed by atoms with van der Waals surface area (Å²) >= 11 is 0. The number of nitrogen functional groups attached to an aromatic ring is 1. The third kappa shape index (κ3) is 5.18. The number of hydrogen-bond acceptors (Lipinski definition) is 11. The Labute approximate surface area is 216 Å². The molecule has 13 nitrogen and oxygen atoms in total. The van der Waals surface area contributed by atoms with E-state index in [0.717, 1.165) is 22.9 Å². The quantitative estimate of drug-likeness (QED) is 0.483. The van der Waals surface area contributed by atoms with Crippen LogP contribution in [0.2, 0.25) is 0 Å². The molecule has 0 aliphatic carbocycles. The smallest absolute Gasteiger partial charge is 0.219 e. The summed E-state index contributed by atoms with van der Waals surface area (Å²) in [6.45, 7) is 11.0. The first-order valence-electron chi connectivity index (χ1n) is 12.5. The summed E-state index contributed by atoms with van der Waals surface area (Å²) in [6.07, 6.45) is 4.52. The summed E-state index contributed by atoms with van der Waals surface area (Å²) in [4.78, 5) is 27.6. The van der Waals surface area contributed by atoms with Gasteiger partial charge in [-0.05, 0) is 12.8 Å². The number of sulfonamides is 1. The highest BCUT2D eigenvalue weighted by molar-refractivity contribution is 7.88. The molecule has 0 unspecified atom stereocenters. The number of fused-ring (bicyclic) bond motifs is 1. The van der Waals surface area contributed by atoms with Crippen LogP contribution in [0.4, 0.5) is 17.7 Å². The van der Waals surface area contributed by atoms with Crippen LogP contribution in [0.5, 0.6) is 0 Å². The molecule has 3 aromatic heterocycles. The van der Waals surface area contributed by atoms with Gasteiger partial charge in [0.25, 0.3) is 0 Å². The predicted octanol–water partition coefficient (Wildman–Crippen LogP) is 0.828. The Balaban J connectivity index is 1.65. The zero-order valence-corrected chi connectivity index (χ0v) is 22.5. The highest BCUT2D eigenvalue weighted by Crippen LogP contribution is 2.32. The molecule has 2 saturated heterocycles. The van der Waals surface area contributed by atoms with E-state index in [9.17, 15) is 8.42 Å². The normalized spacial score (nSPS) is 19.8. The molecule has 0 bridgehead atoms. The molecule has 3 aromatic rings. The number of morpholine rings is 1. The second-order valence-corrected chi connectivity index (χ2v) is 12.0. The Hall–Kier alpha value is -3.10. The van der Waals surface area contributed by atoms with Crippen molar-refractivity contribution >= 4 is 38.9 Å². The van der Waals surface area contributed by atoms with Gasteiger partial charge in [-0.2, -0.15) is 4.31 Å². The molecule has 0 saturated carbocycles. The summed E-state index contributed by atoms with van der Waals surface area (Å²) in [5.41, 5.74) is 7.82. The molecule has 2 aliphatic heterocycles. The summed E-state index contributed by atoms with van der Waals surface area (Å²) in [5, 5.41) is 0. The van der Waals surface area contributed by atoms with Gasteiger partial charge in [-0.15, -0.1) is 0 Å². The minimum absolute atomic E-state index is 0.177. The second kappa shape index (κ2) is 9.99. The first kappa shape index (κ1) is 25.5. The lowest BCUT2D eigenvalue weighted by Gasteiger charge is -2.38. The van der Waals surface area contributed by atoms with E-state index < -0.39 is 10.0 Å². The molecular formula is C23H34N10O3S. The van der Waals surface area contributed by atoms with Crippen LogP contribution in [0.1, 0.15) is 20.8 Å². The Morgan fingerprint density at radius 3 is 2.38 bits per heavy atom. The van der Waals surface area contributed by atoms with Crippen molar-refractivity contribution in [3.8, 4) is 11.4 Å². The molecule has 37 heavy (non-hydrogen) atoms. The van der Waals surface area contributed by atoms with Crippen LogP contribution in [-0.4, -0.2) is 100 Å². The molecule has 0 radical (unpaired) electrons. The number of hydrogen-bond donors (Lipinski definition) is 1. The Morgan fingerprint density at radius 1 is 1.05 bits per heavy atom. The number of ether oxygens (including phenoxy) is 1. The van der Waals surface area contributed by atoms with Crippen molar-refractivity contribution in [2.24, 2.45) is 5.92 Å². The zero-order chi connectivity index (χ0) is 26.3. The Kier molecular flexibility index (Phi) is 6.89. The highest BCUT2D eigenvalue weighted by atomic mass is 32.2. The van der Waals surface area contributed by atoms with Crippen LogP contribution in [0, 0.1) is 5.92 Å². The summed E-state index contributed by atoms with van der Waals surface area (Å²) < 4.78 is 33.7. The molecule has 0 amide bonds. The summed E-state index contributed by atoms with van der Waals surface area (Å²) in [6, 6.07) is -0.177. The molecule has 0 spiro atoms. The van der Waals surface area contributed by atoms with Crippen LogP contribution in [0.15, 0.2) is 12.4 Å². The van der Waals surface area contributed by atoms with Crippen molar-refractivity contribution < 1.29 is 13.2 Å². The van der Waals surface area contributed by atoms with Crippen LogP contribution in [0.3, 0.4) is 0 Å². The molecule has 14 heteroatoms. The largest absolute Gasteiger partial charge is 0.378 e. The zero-order valence-electron chi connectivity index (χ0n) is 21.7. The van der Waals surface area contributed by atoms with E-state index in [4.69, 9.17) is 25.4 Å². The number of aromatic nitrogens is 6. The van der Waals surface area contributed by atoms with Gasteiger partial charge in [-0.25, -0.2) is 33.3 Å². The van der Waals surface area contributed by atoms with Gasteiger partial charge < -0.3 is 20.3 Å². The fraction of sp³-hybridized carbons (Fsp3) is 0.609. The number of imidazole rings is 1. The molecular weight excluding hydrogens is 496 g/mol. The van der Waals surface area contributed by atoms with E-state index in [1.165, 1.54) is 6.26 Å². The van der Waals surface area contributed by atoms with Crippen molar-refractivity contribution in [2.45, 2.75) is 33.4 Å². The molecule has 2 fully saturated rings. The van der Waals surface area contributed by atoms with Gasteiger partial charge in [-0.1, -0.05) is 13.8 Å². The van der Waals surface area contributed by atoms with E-state index in [1.54, 1.807) is 16.7 Å². The lowest BCUT2D eigenvalue weighted by molar-refractivity contribution is 0.122. The molecule has 200 valence electrons. The van der Waals surface area contributed by atoms with Crippen molar-refractivity contribution in [3.05, 3.63) is 12.4 Å². The third-order valence-corrected chi connectivity index (χ3v) is 8.01. The lowest BCUT2D eigenvalue weighted by Crippen LogP contribution is -2.54. The SMILES string of the molecule is CC(C)Cn1c(N2CCN(S(C)(=O)=O)[C@@H](C)C2)nc2c(N3CCOCC3)nc(-c3cnc(N)nc3)nc21. The van der Waals surface area contributed by atoms with Crippen molar-refractivity contribution in [1.29, 1.82) is 0 Å². The highest BCUT2D eigenvalue weighted by Gasteiger charge is 2.33. The predicted molar refractivity (Wildman–Crippen MR) is 142 cm³/mol. The summed E-state index contributed by atoms with van der Waals surface area (Å²) in [7, 11) is -3.28. The van der Waals surface area contributed by atoms with Crippen molar-refractivity contribution in [3.63, 3.8) is 0 Å². The van der Waals surface area contributed by atoms with E-state index in [0.29, 0.717) is 69.8 Å². The maximum atomic E-state index is 12.2. The van der Waals surface area contributed by atoms with Gasteiger partial charge >= 0.3 is 0 Å². The monoisotopic (exact) mass is 530 g/mol. The first-order chi connectivity index (χ1) is 17.6. The standard InChI is InChI=1S/C23H34N10O3S/c1-15(2)13-32-21-18(27-23(32)31-5-6-33(16(3)14-31)37(4,34)35)20(30-7-9-36-10-8-30)28-19(29-21)17-11-25-22(24)26-12-17/h11-12,15-16H,5-10,13-14H2,1-4H3,(H2,24,25,26)/t16-/m0/s1. The maximum Gasteiger partial charge on any atom is 0.219 e. The van der Waals surface area contributed by atoms with Gasteiger partial charge in [0.1, 0.15) is 0 Å². The average molecular weight is 531 g/mol. The van der Waals surface area contributed by atoms with Crippen molar-refractivity contribution in [2.75, 3.05) is 67.7 Å². The number of piperazine rings is 1. The van der Waals surface area contributed by atoms with E-state index >= 15 is 0 Å². The minimum Gasteiger partial charge on any atom is -0.378 e. The van der Waals surface area contributed by atoms with E-state index in [1.807, 2.05) is 6.92 Å². The lowest BCUT2D eigenvalue weighted by atomic mass is 10.2. The Bertz CT molecular complexity index is 1370. The topological polar surface area (TPSA) is 148 Å². The summed E-state index contributed by atoms with van der Waals surface area (Å²) in [5.74, 6) is 2.54. The first-order valence-corrected chi connectivity index (χ1v) is 14.4. The Morgan fingerprint density at radius 2 is 1.76 bits per heavy atom. The maximum absolute atomic E-state index is 12.2. The molecule has 2 aliphatic rings. The van der Waals surface area contributed by atoms with Gasteiger partial charge in [-0.3, -0.25) is 4.57 Å². The van der Waals surface area contributed by atoms with Gasteiger partial charge in [0.2, 0.25) is 21.9 Å². The molecule has 5 rings (SSSR count). The van der Waals surface area contributed by atoms with Gasteiger partial charge in [0, 0.05) is 57.7 Å². The van der Waals surface area contributed by atoms with Crippen LogP contribution in [0.25, 0.3) is 22.6 Å². The fourth-order valence-corrected chi connectivity index (χ4v) is 6.08. The number of anilines is 3. The number of nitrogens with zero attached hydrogens (tertiary/aromatic N) is 9. The number of nitrogens with two attached hydrogens (primary N) is 1. The van der Waals surface area contributed by atoms with Crippen LogP contribution >= 0.6 is 0 Å². The van der Waals surface area contributed by atoms with Crippen molar-refractivity contribution in [1.82, 2.24) is 33.8 Å². The molecule has 1 atom stereocenters. The molecule has 0 aromatic carbocycles. The van der Waals surface area contributed by atoms with Crippen LogP contribution < -0.4 is 15.5 Å². The van der Waals surface area contributed by atoms with E-state index in [2.05, 4.69) is 38.2 Å². The minimum atomic E-state index is -3.28. The van der Waals surface area contributed by atoms with Crippen LogP contribution in [-0.2, 0) is 21.3 Å².